The van der Waals surface area contributed by atoms with Crippen LogP contribution in [0.25, 0.3) is 0 Å². The molecule has 1 aliphatic heterocycles. The molecule has 2 aromatic carbocycles. The number of fused-ring (bicyclic) bond motifs is 1. The van der Waals surface area contributed by atoms with Gasteiger partial charge in [-0.2, -0.15) is 0 Å². The molecule has 1 aliphatic rings. The lowest BCUT2D eigenvalue weighted by Gasteiger charge is -2.20. The summed E-state index contributed by atoms with van der Waals surface area (Å²) in [6.07, 6.45) is 0. The molecule has 0 fully saturated rings. The molecule has 2 N–H and O–H groups in total. The van der Waals surface area contributed by atoms with E-state index in [-0.39, 0.29) is 21.0 Å². The summed E-state index contributed by atoms with van der Waals surface area (Å²) in [7, 11) is -7.82. The number of nitrogens with zero attached hydrogens (tertiary/aromatic N) is 1. The predicted octanol–water partition coefficient (Wildman–Crippen LogP) is 1.55. The molecule has 9 nitrogen and oxygen atoms in total. The first-order valence-corrected chi connectivity index (χ1v) is 11.8. The maximum absolute atomic E-state index is 12.5. The lowest BCUT2D eigenvalue weighted by atomic mass is 10.1. The summed E-state index contributed by atoms with van der Waals surface area (Å²) in [6.45, 7) is 4.45. The predicted molar refractivity (Wildman–Crippen MR) is 110 cm³/mol. The van der Waals surface area contributed by atoms with Gasteiger partial charge in [0, 0.05) is 11.2 Å². The Kier molecular flexibility index (Phi) is 5.48. The summed E-state index contributed by atoms with van der Waals surface area (Å²) in [5.41, 5.74) is -0.376. The Hall–Kier alpha value is -2.76. The number of anilines is 1. The largest absolute Gasteiger partial charge is 0.325 e. The Morgan fingerprint density at radius 2 is 1.63 bits per heavy atom. The van der Waals surface area contributed by atoms with Crippen LogP contribution < -0.4 is 10.0 Å². The summed E-state index contributed by atoms with van der Waals surface area (Å²) in [6, 6.07) is 11.1. The van der Waals surface area contributed by atoms with Crippen molar-refractivity contribution in [1.29, 1.82) is 0 Å². The second-order valence-electron chi connectivity index (χ2n) is 7.74. The zero-order chi connectivity index (χ0) is 22.3. The molecule has 0 aliphatic carbocycles. The van der Waals surface area contributed by atoms with E-state index in [1.807, 2.05) is 0 Å². The van der Waals surface area contributed by atoms with Crippen LogP contribution in [0.1, 0.15) is 31.1 Å². The molecular weight excluding hydrogens is 430 g/mol. The minimum Gasteiger partial charge on any atom is -0.325 e. The summed E-state index contributed by atoms with van der Waals surface area (Å²) in [5, 5.41) is 2.47. The first-order valence-electron chi connectivity index (χ1n) is 8.91. The zero-order valence-electron chi connectivity index (χ0n) is 16.5. The van der Waals surface area contributed by atoms with Gasteiger partial charge in [0.25, 0.3) is 15.9 Å². The first kappa shape index (κ1) is 21.9. The van der Waals surface area contributed by atoms with Crippen LogP contribution in [0.15, 0.2) is 58.3 Å². The Bertz CT molecular complexity index is 1210. The number of sulfonamides is 2. The highest BCUT2D eigenvalue weighted by Gasteiger charge is 2.41. The second kappa shape index (κ2) is 7.49. The maximum Gasteiger partial charge on any atom is 0.269 e. The Morgan fingerprint density at radius 1 is 1.03 bits per heavy atom. The van der Waals surface area contributed by atoms with E-state index in [1.54, 1.807) is 26.8 Å². The zero-order valence-corrected chi connectivity index (χ0v) is 18.2. The van der Waals surface area contributed by atoms with Crippen molar-refractivity contribution in [2.75, 3.05) is 11.9 Å². The molecule has 1 heterocycles. The van der Waals surface area contributed by atoms with E-state index >= 15 is 0 Å². The summed E-state index contributed by atoms with van der Waals surface area (Å²) < 4.78 is 52.7. The fourth-order valence-corrected chi connectivity index (χ4v) is 5.84. The van der Waals surface area contributed by atoms with E-state index in [9.17, 15) is 26.4 Å². The van der Waals surface area contributed by atoms with Gasteiger partial charge in [0.2, 0.25) is 15.9 Å². The lowest BCUT2D eigenvalue weighted by Crippen LogP contribution is -2.40. The third-order valence-electron chi connectivity index (χ3n) is 4.09. The first-order chi connectivity index (χ1) is 13.8. The van der Waals surface area contributed by atoms with Crippen LogP contribution in [0.5, 0.6) is 0 Å². The van der Waals surface area contributed by atoms with Crippen LogP contribution in [0.4, 0.5) is 5.69 Å². The molecule has 2 amide bonds. The van der Waals surface area contributed by atoms with Crippen molar-refractivity contribution in [1.82, 2.24) is 9.03 Å². The van der Waals surface area contributed by atoms with Gasteiger partial charge in [-0.05, 0) is 57.2 Å². The average molecular weight is 452 g/mol. The number of amides is 2. The van der Waals surface area contributed by atoms with Crippen LogP contribution in [-0.4, -0.2) is 45.0 Å². The molecule has 0 aromatic heterocycles. The highest BCUT2D eigenvalue weighted by atomic mass is 32.2. The van der Waals surface area contributed by atoms with E-state index < -0.39 is 43.9 Å². The van der Waals surface area contributed by atoms with Gasteiger partial charge < -0.3 is 5.32 Å². The SMILES string of the molecule is CC(C)(C)NS(=O)(=O)c1ccc(NC(=O)CN2C(=O)c3ccccc3S2(=O)=O)cc1. The standard InChI is InChI=1S/C19H21N3O6S2/c1-19(2,3)21-29(25,26)14-10-8-13(9-11-14)20-17(23)12-22-18(24)15-6-4-5-7-16(15)30(22,27)28/h4-11,21H,12H2,1-3H3,(H,20,23). The van der Waals surface area contributed by atoms with E-state index in [0.717, 1.165) is 0 Å². The van der Waals surface area contributed by atoms with Crippen LogP contribution in [-0.2, 0) is 24.8 Å². The lowest BCUT2D eigenvalue weighted by molar-refractivity contribution is -0.116. The molecule has 0 radical (unpaired) electrons. The van der Waals surface area contributed by atoms with E-state index in [1.165, 1.54) is 42.5 Å². The molecule has 0 unspecified atom stereocenters. The van der Waals surface area contributed by atoms with E-state index in [4.69, 9.17) is 0 Å². The molecule has 11 heteroatoms. The molecule has 30 heavy (non-hydrogen) atoms. The molecule has 0 saturated carbocycles. The van der Waals surface area contributed by atoms with Gasteiger partial charge in [-0.1, -0.05) is 12.1 Å². The van der Waals surface area contributed by atoms with E-state index in [2.05, 4.69) is 10.0 Å². The smallest absolute Gasteiger partial charge is 0.269 e. The Labute approximate surface area is 175 Å². The highest BCUT2D eigenvalue weighted by molar-refractivity contribution is 7.90. The van der Waals surface area contributed by atoms with Crippen molar-refractivity contribution < 1.29 is 26.4 Å². The van der Waals surface area contributed by atoms with Crippen molar-refractivity contribution in [3.05, 3.63) is 54.1 Å². The number of carbonyl (C=O) groups is 2. The van der Waals surface area contributed by atoms with Crippen molar-refractivity contribution in [3.8, 4) is 0 Å². The molecule has 0 saturated heterocycles. The van der Waals surface area contributed by atoms with Gasteiger partial charge in [-0.3, -0.25) is 9.59 Å². The molecule has 0 bridgehead atoms. The molecule has 2 aromatic rings. The molecular formula is C19H21N3O6S2. The van der Waals surface area contributed by atoms with Gasteiger partial charge in [-0.15, -0.1) is 0 Å². The molecule has 0 atom stereocenters. The Morgan fingerprint density at radius 3 is 2.20 bits per heavy atom. The van der Waals surface area contributed by atoms with Gasteiger partial charge >= 0.3 is 0 Å². The average Bonchev–Trinajstić information content (AvgIpc) is 2.81. The van der Waals surface area contributed by atoms with Crippen LogP contribution in [0.3, 0.4) is 0 Å². The molecule has 3 rings (SSSR count). The third-order valence-corrected chi connectivity index (χ3v) is 7.65. The van der Waals surface area contributed by atoms with Gasteiger partial charge in [0.1, 0.15) is 11.4 Å². The van der Waals surface area contributed by atoms with Crippen molar-refractivity contribution in [2.45, 2.75) is 36.1 Å². The number of rotatable bonds is 5. The quantitative estimate of drug-likeness (QED) is 0.709. The van der Waals surface area contributed by atoms with Gasteiger partial charge in [0.05, 0.1) is 10.5 Å². The summed E-state index contributed by atoms with van der Waals surface area (Å²) in [5.74, 6) is -1.50. The minimum atomic E-state index is -4.09. The highest BCUT2D eigenvalue weighted by Crippen LogP contribution is 2.29. The van der Waals surface area contributed by atoms with Crippen molar-refractivity contribution in [3.63, 3.8) is 0 Å². The van der Waals surface area contributed by atoms with Crippen molar-refractivity contribution in [2.24, 2.45) is 0 Å². The topological polar surface area (TPSA) is 130 Å². The molecule has 160 valence electrons. The van der Waals surface area contributed by atoms with Crippen LogP contribution in [0, 0.1) is 0 Å². The fourth-order valence-electron chi connectivity index (χ4n) is 2.90. The summed E-state index contributed by atoms with van der Waals surface area (Å²) in [4.78, 5) is 24.6. The number of hydrogen-bond donors (Lipinski definition) is 2. The van der Waals surface area contributed by atoms with Gasteiger partial charge in [0.15, 0.2) is 0 Å². The molecule has 0 spiro atoms. The number of carbonyl (C=O) groups excluding carboxylic acids is 2. The minimum absolute atomic E-state index is 0.0168. The van der Waals surface area contributed by atoms with Crippen LogP contribution >= 0.6 is 0 Å². The van der Waals surface area contributed by atoms with Gasteiger partial charge in [-0.25, -0.2) is 25.9 Å². The fraction of sp³-hybridized carbons (Fsp3) is 0.263. The second-order valence-corrected chi connectivity index (χ2v) is 11.3. The van der Waals surface area contributed by atoms with Crippen molar-refractivity contribution >= 4 is 37.5 Å². The third kappa shape index (κ3) is 4.37. The number of benzene rings is 2. The normalized spacial score (nSPS) is 15.7. The maximum atomic E-state index is 12.5. The monoisotopic (exact) mass is 451 g/mol. The van der Waals surface area contributed by atoms with Crippen LogP contribution in [0.2, 0.25) is 0 Å². The number of nitrogens with one attached hydrogen (secondary N) is 2. The Balaban J connectivity index is 1.71. The van der Waals surface area contributed by atoms with E-state index in [0.29, 0.717) is 4.31 Å². The summed E-state index contributed by atoms with van der Waals surface area (Å²) >= 11 is 0. The number of hydrogen-bond acceptors (Lipinski definition) is 6.